The average molecular weight is 486 g/mol. The predicted molar refractivity (Wildman–Crippen MR) is 135 cm³/mol. The van der Waals surface area contributed by atoms with Crippen molar-refractivity contribution in [1.29, 1.82) is 0 Å². The van der Waals surface area contributed by atoms with Crippen LogP contribution < -0.4 is 10.5 Å². The van der Waals surface area contributed by atoms with Crippen LogP contribution in [0.15, 0.2) is 24.3 Å². The second-order valence-corrected chi connectivity index (χ2v) is 7.83. The van der Waals surface area contributed by atoms with Crippen LogP contribution in [0.25, 0.3) is 0 Å². The van der Waals surface area contributed by atoms with Crippen molar-refractivity contribution in [2.45, 2.75) is 45.4 Å². The van der Waals surface area contributed by atoms with E-state index in [9.17, 15) is 0 Å². The molecule has 0 saturated heterocycles. The summed E-state index contributed by atoms with van der Waals surface area (Å²) in [5.74, 6) is 0.680. The van der Waals surface area contributed by atoms with Crippen molar-refractivity contribution in [3.8, 4) is 5.75 Å². The normalized spacial score (nSPS) is 11.2. The van der Waals surface area contributed by atoms with Crippen molar-refractivity contribution in [1.82, 2.24) is 0 Å². The summed E-state index contributed by atoms with van der Waals surface area (Å²) in [6.07, 6.45) is 7.71. The highest BCUT2D eigenvalue weighted by atomic mass is 16.6. The van der Waals surface area contributed by atoms with Crippen LogP contribution in [-0.2, 0) is 28.4 Å². The van der Waals surface area contributed by atoms with E-state index in [1.165, 1.54) is 32.1 Å². The Morgan fingerprint density at radius 1 is 0.500 bits per heavy atom. The molecule has 8 heteroatoms. The highest BCUT2D eigenvalue weighted by molar-refractivity contribution is 5.51. The third-order valence-corrected chi connectivity index (χ3v) is 4.91. The van der Waals surface area contributed by atoms with Gasteiger partial charge in [-0.2, -0.15) is 0 Å². The SMILES string of the molecule is CCCCCCCCOCCOCCOCCOCCOCCOCCOc1ccccc1N. The molecule has 0 amide bonds. The molecule has 0 aliphatic rings. The van der Waals surface area contributed by atoms with Gasteiger partial charge in [-0.15, -0.1) is 0 Å². The molecule has 2 N–H and O–H groups in total. The van der Waals surface area contributed by atoms with E-state index in [4.69, 9.17) is 38.9 Å². The lowest BCUT2D eigenvalue weighted by molar-refractivity contribution is -0.0179. The lowest BCUT2D eigenvalue weighted by atomic mass is 10.1. The molecule has 1 aromatic rings. The third kappa shape index (κ3) is 20.0. The Morgan fingerprint density at radius 3 is 1.41 bits per heavy atom. The van der Waals surface area contributed by atoms with Crippen LogP contribution in [0.4, 0.5) is 5.69 Å². The molecule has 0 atom stereocenters. The van der Waals surface area contributed by atoms with Crippen LogP contribution in [0, 0.1) is 0 Å². The summed E-state index contributed by atoms with van der Waals surface area (Å²) >= 11 is 0. The quantitative estimate of drug-likeness (QED) is 0.155. The molecule has 0 radical (unpaired) electrons. The lowest BCUT2D eigenvalue weighted by Crippen LogP contribution is -2.15. The van der Waals surface area contributed by atoms with Gasteiger partial charge in [-0.1, -0.05) is 51.2 Å². The summed E-state index contributed by atoms with van der Waals surface area (Å²) in [5, 5.41) is 0. The van der Waals surface area contributed by atoms with Crippen molar-refractivity contribution in [3.05, 3.63) is 24.3 Å². The third-order valence-electron chi connectivity index (χ3n) is 4.91. The first kappa shape index (κ1) is 30.6. The van der Waals surface area contributed by atoms with Gasteiger partial charge in [0.15, 0.2) is 0 Å². The Bertz CT molecular complexity index is 548. The van der Waals surface area contributed by atoms with Gasteiger partial charge in [0, 0.05) is 6.61 Å². The first-order valence-corrected chi connectivity index (χ1v) is 12.8. The first-order chi connectivity index (χ1) is 16.8. The van der Waals surface area contributed by atoms with Gasteiger partial charge in [0.05, 0.1) is 78.4 Å². The first-order valence-electron chi connectivity index (χ1n) is 12.8. The van der Waals surface area contributed by atoms with Crippen molar-refractivity contribution in [2.24, 2.45) is 0 Å². The molecular formula is C26H47NO7. The molecule has 198 valence electrons. The standard InChI is InChI=1S/C26H47NO7/c1-2-3-4-5-6-9-12-28-13-14-29-15-16-30-17-18-31-19-20-32-21-22-33-23-24-34-26-11-8-7-10-25(26)27/h7-8,10-11H,2-6,9,12-24,27H2,1H3. The van der Waals surface area contributed by atoms with E-state index in [1.807, 2.05) is 24.3 Å². The van der Waals surface area contributed by atoms with Gasteiger partial charge in [0.25, 0.3) is 0 Å². The maximum Gasteiger partial charge on any atom is 0.142 e. The molecular weight excluding hydrogens is 438 g/mol. The van der Waals surface area contributed by atoms with Gasteiger partial charge in [-0.3, -0.25) is 0 Å². The minimum absolute atomic E-state index is 0.454. The van der Waals surface area contributed by atoms with E-state index >= 15 is 0 Å². The van der Waals surface area contributed by atoms with Crippen LogP contribution in [0.2, 0.25) is 0 Å². The number of para-hydroxylation sites is 2. The zero-order valence-electron chi connectivity index (χ0n) is 21.2. The molecule has 0 aliphatic heterocycles. The highest BCUT2D eigenvalue weighted by Gasteiger charge is 1.98. The van der Waals surface area contributed by atoms with Gasteiger partial charge in [0.1, 0.15) is 12.4 Å². The summed E-state index contributed by atoms with van der Waals surface area (Å²) in [4.78, 5) is 0. The summed E-state index contributed by atoms with van der Waals surface area (Å²) in [6.45, 7) is 9.61. The Labute approximate surface area is 206 Å². The second kappa shape index (κ2) is 24.7. The van der Waals surface area contributed by atoms with Gasteiger partial charge < -0.3 is 38.9 Å². The Morgan fingerprint density at radius 2 is 0.912 bits per heavy atom. The van der Waals surface area contributed by atoms with Crippen molar-refractivity contribution < 1.29 is 33.2 Å². The molecule has 0 fully saturated rings. The number of hydrogen-bond acceptors (Lipinski definition) is 8. The predicted octanol–water partition coefficient (Wildman–Crippen LogP) is 4.11. The van der Waals surface area contributed by atoms with E-state index in [-0.39, 0.29) is 0 Å². The average Bonchev–Trinajstić information content (AvgIpc) is 2.85. The number of nitrogen functional groups attached to an aromatic ring is 1. The fraction of sp³-hybridized carbons (Fsp3) is 0.769. The molecule has 1 aromatic carbocycles. The maximum absolute atomic E-state index is 5.81. The summed E-state index contributed by atoms with van der Waals surface area (Å²) < 4.78 is 38.5. The molecule has 34 heavy (non-hydrogen) atoms. The largest absolute Gasteiger partial charge is 0.489 e. The van der Waals surface area contributed by atoms with E-state index < -0.39 is 0 Å². The second-order valence-electron chi connectivity index (χ2n) is 7.83. The van der Waals surface area contributed by atoms with E-state index in [1.54, 1.807) is 0 Å². The zero-order chi connectivity index (χ0) is 24.4. The fourth-order valence-corrected chi connectivity index (χ4v) is 3.01. The summed E-state index contributed by atoms with van der Waals surface area (Å²) in [5.41, 5.74) is 6.44. The molecule has 0 spiro atoms. The number of hydrogen-bond donors (Lipinski definition) is 1. The molecule has 0 aliphatic carbocycles. The Balaban J connectivity index is 1.67. The minimum atomic E-state index is 0.454. The van der Waals surface area contributed by atoms with Crippen LogP contribution >= 0.6 is 0 Å². The molecule has 8 nitrogen and oxygen atoms in total. The topological polar surface area (TPSA) is 90.6 Å². The number of nitrogens with two attached hydrogens (primary N) is 1. The number of ether oxygens (including phenoxy) is 7. The Hall–Kier alpha value is -1.42. The molecule has 0 unspecified atom stereocenters. The van der Waals surface area contributed by atoms with Crippen LogP contribution in [0.3, 0.4) is 0 Å². The molecule has 0 aromatic heterocycles. The van der Waals surface area contributed by atoms with Crippen LogP contribution in [0.5, 0.6) is 5.75 Å². The van der Waals surface area contributed by atoms with E-state index in [0.29, 0.717) is 90.7 Å². The van der Waals surface area contributed by atoms with Gasteiger partial charge >= 0.3 is 0 Å². The number of rotatable bonds is 26. The zero-order valence-corrected chi connectivity index (χ0v) is 21.2. The van der Waals surface area contributed by atoms with Crippen molar-refractivity contribution in [2.75, 3.05) is 91.6 Å². The summed E-state index contributed by atoms with van der Waals surface area (Å²) in [6, 6.07) is 7.41. The number of anilines is 1. The fourth-order valence-electron chi connectivity index (χ4n) is 3.01. The van der Waals surface area contributed by atoms with E-state index in [0.717, 1.165) is 13.0 Å². The van der Waals surface area contributed by atoms with Crippen LogP contribution in [0.1, 0.15) is 45.4 Å². The van der Waals surface area contributed by atoms with Crippen molar-refractivity contribution in [3.63, 3.8) is 0 Å². The smallest absolute Gasteiger partial charge is 0.142 e. The van der Waals surface area contributed by atoms with Gasteiger partial charge in [-0.25, -0.2) is 0 Å². The molecule has 0 saturated carbocycles. The number of unbranched alkanes of at least 4 members (excludes halogenated alkanes) is 5. The molecule has 0 heterocycles. The molecule has 0 bridgehead atoms. The van der Waals surface area contributed by atoms with E-state index in [2.05, 4.69) is 6.92 Å². The van der Waals surface area contributed by atoms with Crippen molar-refractivity contribution >= 4 is 5.69 Å². The van der Waals surface area contributed by atoms with Gasteiger partial charge in [0.2, 0.25) is 0 Å². The van der Waals surface area contributed by atoms with Crippen LogP contribution in [-0.4, -0.2) is 85.9 Å². The number of benzene rings is 1. The Kier molecular flexibility index (Phi) is 22.2. The van der Waals surface area contributed by atoms with Gasteiger partial charge in [-0.05, 0) is 18.6 Å². The highest BCUT2D eigenvalue weighted by Crippen LogP contribution is 2.19. The monoisotopic (exact) mass is 485 g/mol. The minimum Gasteiger partial charge on any atom is -0.489 e. The maximum atomic E-state index is 5.81. The molecule has 1 rings (SSSR count). The summed E-state index contributed by atoms with van der Waals surface area (Å²) in [7, 11) is 0. The lowest BCUT2D eigenvalue weighted by Gasteiger charge is -2.09.